The van der Waals surface area contributed by atoms with E-state index < -0.39 is 12.0 Å². The normalized spacial score (nSPS) is 23.3. The molecular weight excluding hydrogens is 409 g/mol. The molecule has 1 saturated carbocycles. The number of carbonyl (C=O) groups is 1. The number of halogens is 1. The predicted molar refractivity (Wildman–Crippen MR) is 124 cm³/mol. The number of ether oxygens (including phenoxy) is 1. The third-order valence-corrected chi connectivity index (χ3v) is 6.61. The topological polar surface area (TPSA) is 92.5 Å². The van der Waals surface area contributed by atoms with Crippen molar-refractivity contribution in [2.45, 2.75) is 69.8 Å². The molecular formula is C24H34FN5O2. The van der Waals surface area contributed by atoms with Crippen LogP contribution in [0.15, 0.2) is 24.3 Å². The molecule has 0 bridgehead atoms. The Kier molecular flexibility index (Phi) is 7.23. The van der Waals surface area contributed by atoms with Crippen LogP contribution in [0.1, 0.15) is 55.8 Å². The van der Waals surface area contributed by atoms with Gasteiger partial charge < -0.3 is 26.0 Å². The Morgan fingerprint density at radius 3 is 2.78 bits per heavy atom. The second-order valence-electron chi connectivity index (χ2n) is 9.05. The summed E-state index contributed by atoms with van der Waals surface area (Å²) in [6.45, 7) is 3.03. The molecule has 8 heteroatoms. The number of fused-ring (bicyclic) bond motifs is 1. The first-order valence-corrected chi connectivity index (χ1v) is 11.7. The number of nitrogens with two attached hydrogens (primary N) is 1. The average molecular weight is 444 g/mol. The van der Waals surface area contributed by atoms with E-state index in [1.165, 1.54) is 38.2 Å². The molecule has 174 valence electrons. The van der Waals surface area contributed by atoms with E-state index >= 15 is 0 Å². The number of pyridine rings is 1. The summed E-state index contributed by atoms with van der Waals surface area (Å²) in [5, 5.41) is 6.85. The third-order valence-electron chi connectivity index (χ3n) is 6.61. The molecule has 1 amide bonds. The predicted octanol–water partition coefficient (Wildman–Crippen LogP) is 2.92. The molecule has 2 aromatic rings. The Hall–Kier alpha value is -2.29. The van der Waals surface area contributed by atoms with Crippen LogP contribution in [0.25, 0.3) is 10.9 Å². The van der Waals surface area contributed by atoms with E-state index in [0.29, 0.717) is 34.9 Å². The van der Waals surface area contributed by atoms with Crippen LogP contribution < -0.4 is 21.3 Å². The number of benzene rings is 1. The maximum atomic E-state index is 14.4. The number of nitrogens with one attached hydrogen (secondary N) is 2. The average Bonchev–Trinajstić information content (AvgIpc) is 2.79. The molecule has 1 aromatic carbocycles. The molecule has 3 unspecified atom stereocenters. The third kappa shape index (κ3) is 5.03. The van der Waals surface area contributed by atoms with Gasteiger partial charge in [-0.25, -0.2) is 9.37 Å². The number of anilines is 1. The standard InChI is InChI=1S/C24H34FN5O2/c1-15(26)27-24(31)18-13-17-19(25)9-6-10-20(17)29-23(18)30-12-11-21(22(14-30)32-2)28-16-7-4-3-5-8-16/h6,9-10,13,15-16,21-22,28H,3-5,7-8,11-12,14,26H2,1-2H3,(H,27,31). The molecule has 1 aromatic heterocycles. The number of aromatic nitrogens is 1. The van der Waals surface area contributed by atoms with Crippen molar-refractivity contribution in [3.63, 3.8) is 0 Å². The minimum absolute atomic E-state index is 0.0278. The molecule has 4 N–H and O–H groups in total. The summed E-state index contributed by atoms with van der Waals surface area (Å²) in [5.41, 5.74) is 6.63. The van der Waals surface area contributed by atoms with Crippen LogP contribution in [0, 0.1) is 5.82 Å². The van der Waals surface area contributed by atoms with E-state index in [0.717, 1.165) is 13.0 Å². The summed E-state index contributed by atoms with van der Waals surface area (Å²) in [6.07, 6.45) is 6.65. The van der Waals surface area contributed by atoms with Crippen LogP contribution in [0.4, 0.5) is 10.2 Å². The molecule has 1 saturated heterocycles. The molecule has 4 rings (SSSR count). The van der Waals surface area contributed by atoms with Crippen LogP contribution in [0.2, 0.25) is 0 Å². The number of carbonyl (C=O) groups excluding carboxylic acids is 1. The van der Waals surface area contributed by atoms with Gasteiger partial charge in [-0.2, -0.15) is 0 Å². The minimum Gasteiger partial charge on any atom is -0.378 e. The van der Waals surface area contributed by atoms with Gasteiger partial charge in [-0.15, -0.1) is 0 Å². The molecule has 2 aliphatic rings. The van der Waals surface area contributed by atoms with Gasteiger partial charge in [0.2, 0.25) is 0 Å². The number of piperidine rings is 1. The van der Waals surface area contributed by atoms with Crippen molar-refractivity contribution in [2.75, 3.05) is 25.1 Å². The zero-order valence-corrected chi connectivity index (χ0v) is 18.9. The second-order valence-corrected chi connectivity index (χ2v) is 9.05. The van der Waals surface area contributed by atoms with E-state index in [9.17, 15) is 9.18 Å². The molecule has 0 radical (unpaired) electrons. The number of hydrogen-bond acceptors (Lipinski definition) is 6. The molecule has 2 heterocycles. The number of methoxy groups -OCH3 is 1. The quantitative estimate of drug-likeness (QED) is 0.595. The highest BCUT2D eigenvalue weighted by molar-refractivity contribution is 6.02. The van der Waals surface area contributed by atoms with Crippen molar-refractivity contribution in [1.82, 2.24) is 15.6 Å². The molecule has 1 aliphatic carbocycles. The van der Waals surface area contributed by atoms with Crippen molar-refractivity contribution >= 4 is 22.6 Å². The first-order chi connectivity index (χ1) is 15.5. The Morgan fingerprint density at radius 1 is 1.28 bits per heavy atom. The SMILES string of the molecule is COC1CN(c2nc3cccc(F)c3cc2C(=O)NC(C)N)CCC1NC1CCCCC1. The lowest BCUT2D eigenvalue weighted by molar-refractivity contribution is 0.0533. The van der Waals surface area contributed by atoms with Gasteiger partial charge in [-0.3, -0.25) is 4.79 Å². The van der Waals surface area contributed by atoms with Gasteiger partial charge in [0.25, 0.3) is 5.91 Å². The van der Waals surface area contributed by atoms with Gasteiger partial charge in [-0.1, -0.05) is 25.3 Å². The molecule has 1 aliphatic heterocycles. The Balaban J connectivity index is 1.61. The lowest BCUT2D eigenvalue weighted by atomic mass is 9.92. The fourth-order valence-corrected chi connectivity index (χ4v) is 4.95. The summed E-state index contributed by atoms with van der Waals surface area (Å²) in [5.74, 6) is -0.218. The van der Waals surface area contributed by atoms with E-state index in [-0.39, 0.29) is 18.1 Å². The van der Waals surface area contributed by atoms with E-state index in [1.54, 1.807) is 32.2 Å². The van der Waals surface area contributed by atoms with Gasteiger partial charge in [0, 0.05) is 37.7 Å². The highest BCUT2D eigenvalue weighted by atomic mass is 19.1. The maximum absolute atomic E-state index is 14.4. The van der Waals surface area contributed by atoms with Crippen molar-refractivity contribution in [1.29, 1.82) is 0 Å². The van der Waals surface area contributed by atoms with Crippen LogP contribution in [-0.2, 0) is 4.74 Å². The van der Waals surface area contributed by atoms with Crippen molar-refractivity contribution in [2.24, 2.45) is 5.73 Å². The van der Waals surface area contributed by atoms with Crippen LogP contribution in [-0.4, -0.2) is 55.4 Å². The summed E-state index contributed by atoms with van der Waals surface area (Å²) >= 11 is 0. The Morgan fingerprint density at radius 2 is 2.06 bits per heavy atom. The molecule has 32 heavy (non-hydrogen) atoms. The molecule has 7 nitrogen and oxygen atoms in total. The monoisotopic (exact) mass is 443 g/mol. The number of rotatable bonds is 6. The van der Waals surface area contributed by atoms with Gasteiger partial charge in [0.15, 0.2) is 0 Å². The highest BCUT2D eigenvalue weighted by Gasteiger charge is 2.33. The lowest BCUT2D eigenvalue weighted by Gasteiger charge is -2.41. The van der Waals surface area contributed by atoms with Crippen LogP contribution >= 0.6 is 0 Å². The zero-order valence-electron chi connectivity index (χ0n) is 18.9. The van der Waals surface area contributed by atoms with E-state index in [2.05, 4.69) is 15.5 Å². The first-order valence-electron chi connectivity index (χ1n) is 11.7. The van der Waals surface area contributed by atoms with Crippen LogP contribution in [0.3, 0.4) is 0 Å². The minimum atomic E-state index is -0.524. The summed E-state index contributed by atoms with van der Waals surface area (Å²) in [7, 11) is 1.73. The van der Waals surface area contributed by atoms with Gasteiger partial charge in [0.05, 0.1) is 23.3 Å². The van der Waals surface area contributed by atoms with Crippen LogP contribution in [0.5, 0.6) is 0 Å². The van der Waals surface area contributed by atoms with E-state index in [1.807, 2.05) is 0 Å². The Bertz CT molecular complexity index is 947. The number of nitrogens with zero attached hydrogens (tertiary/aromatic N) is 2. The highest BCUT2D eigenvalue weighted by Crippen LogP contribution is 2.29. The first kappa shape index (κ1) is 22.9. The summed E-state index contributed by atoms with van der Waals surface area (Å²) < 4.78 is 20.3. The van der Waals surface area contributed by atoms with Gasteiger partial charge in [0.1, 0.15) is 11.6 Å². The fourth-order valence-electron chi connectivity index (χ4n) is 4.95. The Labute approximate surface area is 188 Å². The largest absolute Gasteiger partial charge is 0.378 e. The van der Waals surface area contributed by atoms with Gasteiger partial charge >= 0.3 is 0 Å². The lowest BCUT2D eigenvalue weighted by Crippen LogP contribution is -2.56. The molecule has 2 fully saturated rings. The molecule has 0 spiro atoms. The van der Waals surface area contributed by atoms with Crippen molar-refractivity contribution < 1.29 is 13.9 Å². The van der Waals surface area contributed by atoms with Crippen molar-refractivity contribution in [3.05, 3.63) is 35.6 Å². The van der Waals surface area contributed by atoms with Gasteiger partial charge in [-0.05, 0) is 44.4 Å². The zero-order chi connectivity index (χ0) is 22.7. The smallest absolute Gasteiger partial charge is 0.256 e. The van der Waals surface area contributed by atoms with E-state index in [4.69, 9.17) is 15.5 Å². The maximum Gasteiger partial charge on any atom is 0.256 e. The second kappa shape index (κ2) is 10.1. The van der Waals surface area contributed by atoms with Crippen molar-refractivity contribution in [3.8, 4) is 0 Å². The summed E-state index contributed by atoms with van der Waals surface area (Å²) in [4.78, 5) is 19.7. The number of amides is 1. The fraction of sp³-hybridized carbons (Fsp3) is 0.583. The molecule has 3 atom stereocenters. The summed E-state index contributed by atoms with van der Waals surface area (Å²) in [6, 6.07) is 7.17. The number of hydrogen-bond donors (Lipinski definition) is 3.